The Balaban J connectivity index is 2.16. The normalized spacial score (nSPS) is 30.9. The molecule has 1 fully saturated rings. The Morgan fingerprint density at radius 2 is 1.67 bits per heavy atom. The highest BCUT2D eigenvalue weighted by atomic mass is 16.4. The van der Waals surface area contributed by atoms with Crippen LogP contribution in [0.4, 0.5) is 0 Å². The fraction of sp³-hybridized carbons (Fsp3) is 0.714. The smallest absolute Gasteiger partial charge is 0.310 e. The van der Waals surface area contributed by atoms with Gasteiger partial charge in [0.15, 0.2) is 0 Å². The van der Waals surface area contributed by atoms with E-state index in [2.05, 4.69) is 0 Å². The Labute approximate surface area is 107 Å². The average molecular weight is 252 g/mol. The molecule has 100 valence electrons. The highest BCUT2D eigenvalue weighted by molar-refractivity contribution is 5.76. The number of hydrogen-bond donors (Lipinski definition) is 2. The number of carboxylic acids is 2. The monoisotopic (exact) mass is 252 g/mol. The van der Waals surface area contributed by atoms with Crippen LogP contribution in [0.3, 0.4) is 0 Å². The summed E-state index contributed by atoms with van der Waals surface area (Å²) in [6.45, 7) is 0. The highest BCUT2D eigenvalue weighted by Crippen LogP contribution is 2.47. The van der Waals surface area contributed by atoms with Crippen LogP contribution in [0.5, 0.6) is 0 Å². The molecule has 0 heterocycles. The summed E-state index contributed by atoms with van der Waals surface area (Å²) in [5, 5.41) is 18.5. The molecule has 4 heteroatoms. The molecule has 2 aliphatic rings. The van der Waals surface area contributed by atoms with Gasteiger partial charge in [-0.3, -0.25) is 9.59 Å². The van der Waals surface area contributed by atoms with Crippen LogP contribution in [0, 0.1) is 17.3 Å². The predicted octanol–water partition coefficient (Wildman–Crippen LogP) is 2.69. The maximum Gasteiger partial charge on any atom is 0.310 e. The van der Waals surface area contributed by atoms with Crippen molar-refractivity contribution < 1.29 is 19.8 Å². The first-order valence-electron chi connectivity index (χ1n) is 6.71. The van der Waals surface area contributed by atoms with Crippen molar-refractivity contribution in [1.29, 1.82) is 0 Å². The molecule has 0 aromatic heterocycles. The summed E-state index contributed by atoms with van der Waals surface area (Å²) in [5.41, 5.74) is -0.641. The Morgan fingerprint density at radius 1 is 1.00 bits per heavy atom. The lowest BCUT2D eigenvalue weighted by Gasteiger charge is -2.40. The minimum Gasteiger partial charge on any atom is -0.481 e. The van der Waals surface area contributed by atoms with E-state index < -0.39 is 23.3 Å². The third-order valence-corrected chi connectivity index (χ3v) is 4.56. The third kappa shape index (κ3) is 2.28. The molecule has 0 amide bonds. The minimum atomic E-state index is -0.808. The van der Waals surface area contributed by atoms with Crippen LogP contribution in [0.25, 0.3) is 0 Å². The van der Waals surface area contributed by atoms with Gasteiger partial charge in [0.25, 0.3) is 0 Å². The number of aliphatic carboxylic acids is 2. The van der Waals surface area contributed by atoms with Crippen LogP contribution >= 0.6 is 0 Å². The molecule has 0 spiro atoms. The molecule has 0 radical (unpaired) electrons. The molecule has 0 aromatic carbocycles. The Hall–Kier alpha value is -1.32. The number of hydrogen-bond acceptors (Lipinski definition) is 2. The van der Waals surface area contributed by atoms with Crippen molar-refractivity contribution in [3.05, 3.63) is 12.2 Å². The highest BCUT2D eigenvalue weighted by Gasteiger charge is 2.46. The Bertz CT molecular complexity index is 366. The zero-order valence-electron chi connectivity index (χ0n) is 10.5. The number of allylic oxidation sites excluding steroid dienone is 1. The van der Waals surface area contributed by atoms with Gasteiger partial charge in [-0.2, -0.15) is 0 Å². The first kappa shape index (κ1) is 13.1. The van der Waals surface area contributed by atoms with Crippen molar-refractivity contribution in [1.82, 2.24) is 0 Å². The predicted molar refractivity (Wildman–Crippen MR) is 66.1 cm³/mol. The quantitative estimate of drug-likeness (QED) is 0.757. The van der Waals surface area contributed by atoms with Gasteiger partial charge in [-0.25, -0.2) is 0 Å². The first-order chi connectivity index (χ1) is 8.56. The van der Waals surface area contributed by atoms with Crippen LogP contribution < -0.4 is 0 Å². The summed E-state index contributed by atoms with van der Waals surface area (Å²) < 4.78 is 0. The maximum atomic E-state index is 11.6. The van der Waals surface area contributed by atoms with E-state index in [0.717, 1.165) is 32.1 Å². The molecule has 0 aromatic rings. The largest absolute Gasteiger partial charge is 0.481 e. The van der Waals surface area contributed by atoms with Crippen LogP contribution in [0.1, 0.15) is 44.9 Å². The van der Waals surface area contributed by atoms with E-state index in [-0.39, 0.29) is 5.92 Å². The van der Waals surface area contributed by atoms with Gasteiger partial charge in [0.2, 0.25) is 0 Å². The summed E-state index contributed by atoms with van der Waals surface area (Å²) in [5.74, 6) is -1.94. The van der Waals surface area contributed by atoms with Gasteiger partial charge in [0, 0.05) is 0 Å². The average Bonchev–Trinajstić information content (AvgIpc) is 2.39. The summed E-state index contributed by atoms with van der Waals surface area (Å²) in [4.78, 5) is 22.5. The Kier molecular flexibility index (Phi) is 3.73. The van der Waals surface area contributed by atoms with Crippen molar-refractivity contribution in [3.63, 3.8) is 0 Å². The summed E-state index contributed by atoms with van der Waals surface area (Å²) >= 11 is 0. The van der Waals surface area contributed by atoms with Crippen LogP contribution in [-0.2, 0) is 9.59 Å². The summed E-state index contributed by atoms with van der Waals surface area (Å²) in [6.07, 6.45) is 9.30. The number of carboxylic acid groups (broad SMARTS) is 2. The molecular weight excluding hydrogens is 232 g/mol. The van der Waals surface area contributed by atoms with Crippen LogP contribution in [0.15, 0.2) is 12.2 Å². The fourth-order valence-electron chi connectivity index (χ4n) is 3.41. The van der Waals surface area contributed by atoms with Gasteiger partial charge in [-0.15, -0.1) is 0 Å². The van der Waals surface area contributed by atoms with E-state index in [1.807, 2.05) is 6.08 Å². The SMILES string of the molecule is O=C(O)C1C=CC(C2(C(=O)O)CCCCC2)CC1. The minimum absolute atomic E-state index is 0.00546. The number of carbonyl (C=O) groups is 2. The zero-order valence-corrected chi connectivity index (χ0v) is 10.5. The van der Waals surface area contributed by atoms with Gasteiger partial charge in [0.05, 0.1) is 11.3 Å². The first-order valence-corrected chi connectivity index (χ1v) is 6.71. The Morgan fingerprint density at radius 3 is 2.11 bits per heavy atom. The molecule has 0 saturated heterocycles. The molecule has 2 N–H and O–H groups in total. The molecule has 0 aliphatic heterocycles. The second-order valence-electron chi connectivity index (χ2n) is 5.54. The molecular formula is C14H20O4. The molecule has 2 rings (SSSR count). The fourth-order valence-corrected chi connectivity index (χ4v) is 3.41. The number of rotatable bonds is 3. The van der Waals surface area contributed by atoms with Crippen molar-refractivity contribution in [2.45, 2.75) is 44.9 Å². The van der Waals surface area contributed by atoms with Gasteiger partial charge >= 0.3 is 11.9 Å². The van der Waals surface area contributed by atoms with Crippen molar-refractivity contribution in [2.75, 3.05) is 0 Å². The van der Waals surface area contributed by atoms with Gasteiger partial charge in [-0.1, -0.05) is 31.4 Å². The van der Waals surface area contributed by atoms with Crippen molar-refractivity contribution >= 4 is 11.9 Å². The molecule has 2 unspecified atom stereocenters. The van der Waals surface area contributed by atoms with E-state index >= 15 is 0 Å². The lowest BCUT2D eigenvalue weighted by atomic mass is 9.63. The van der Waals surface area contributed by atoms with Crippen molar-refractivity contribution in [3.8, 4) is 0 Å². The van der Waals surface area contributed by atoms with Gasteiger partial charge in [-0.05, 0) is 31.6 Å². The van der Waals surface area contributed by atoms with E-state index in [9.17, 15) is 14.7 Å². The molecule has 2 aliphatic carbocycles. The van der Waals surface area contributed by atoms with Crippen molar-refractivity contribution in [2.24, 2.45) is 17.3 Å². The molecule has 18 heavy (non-hydrogen) atoms. The maximum absolute atomic E-state index is 11.6. The summed E-state index contributed by atoms with van der Waals surface area (Å²) in [7, 11) is 0. The molecule has 0 bridgehead atoms. The van der Waals surface area contributed by atoms with E-state index in [0.29, 0.717) is 12.8 Å². The standard InChI is InChI=1S/C14H20O4/c15-12(16)10-4-6-11(7-5-10)14(13(17)18)8-2-1-3-9-14/h4,6,10-11H,1-3,5,7-9H2,(H,15,16)(H,17,18). The lowest BCUT2D eigenvalue weighted by Crippen LogP contribution is -2.41. The zero-order chi connectivity index (χ0) is 13.2. The van der Waals surface area contributed by atoms with E-state index in [4.69, 9.17) is 5.11 Å². The lowest BCUT2D eigenvalue weighted by molar-refractivity contribution is -0.154. The van der Waals surface area contributed by atoms with E-state index in [1.165, 1.54) is 0 Å². The second-order valence-corrected chi connectivity index (χ2v) is 5.54. The third-order valence-electron chi connectivity index (χ3n) is 4.56. The van der Waals surface area contributed by atoms with Crippen LogP contribution in [-0.4, -0.2) is 22.2 Å². The van der Waals surface area contributed by atoms with E-state index in [1.54, 1.807) is 6.08 Å². The van der Waals surface area contributed by atoms with Gasteiger partial charge < -0.3 is 10.2 Å². The second kappa shape index (κ2) is 5.12. The molecule has 1 saturated carbocycles. The molecule has 2 atom stereocenters. The summed E-state index contributed by atoms with van der Waals surface area (Å²) in [6, 6.07) is 0. The van der Waals surface area contributed by atoms with Crippen LogP contribution in [0.2, 0.25) is 0 Å². The van der Waals surface area contributed by atoms with Gasteiger partial charge in [0.1, 0.15) is 0 Å². The molecule has 4 nitrogen and oxygen atoms in total. The topological polar surface area (TPSA) is 74.6 Å².